The minimum atomic E-state index is -0.665. The van der Waals surface area contributed by atoms with E-state index in [0.717, 1.165) is 57.8 Å². The number of halogens is 2. The third kappa shape index (κ3) is 5.14. The van der Waals surface area contributed by atoms with Gasteiger partial charge in [0, 0.05) is 30.2 Å². The predicted octanol–water partition coefficient (Wildman–Crippen LogP) is 4.15. The van der Waals surface area contributed by atoms with Crippen LogP contribution in [0.3, 0.4) is 0 Å². The molecule has 2 aromatic heterocycles. The van der Waals surface area contributed by atoms with Gasteiger partial charge in [-0.3, -0.25) is 20.1 Å². The summed E-state index contributed by atoms with van der Waals surface area (Å²) in [6, 6.07) is 8.21. The molecule has 4 saturated heterocycles. The topological polar surface area (TPSA) is 100 Å². The smallest absolute Gasteiger partial charge is 0.319 e. The van der Waals surface area contributed by atoms with Crippen LogP contribution in [-0.2, 0) is 4.79 Å². The second-order valence-corrected chi connectivity index (χ2v) is 12.9. The molecule has 248 valence electrons. The number of piperazine rings is 1. The van der Waals surface area contributed by atoms with Crippen molar-refractivity contribution in [3.8, 4) is 29.6 Å². The summed E-state index contributed by atoms with van der Waals surface area (Å²) in [4.78, 5) is 33.1. The summed E-state index contributed by atoms with van der Waals surface area (Å²) >= 11 is 0. The van der Waals surface area contributed by atoms with E-state index in [1.807, 2.05) is 18.7 Å². The molecule has 0 spiro atoms. The molecule has 2 unspecified atom stereocenters. The van der Waals surface area contributed by atoms with Gasteiger partial charge in [0.2, 0.25) is 6.21 Å². The molecule has 6 heterocycles. The number of benzene rings is 2. The van der Waals surface area contributed by atoms with E-state index < -0.39 is 11.6 Å². The van der Waals surface area contributed by atoms with Gasteiger partial charge in [-0.15, -0.1) is 6.42 Å². The van der Waals surface area contributed by atoms with Crippen LogP contribution in [-0.4, -0.2) is 87.3 Å². The van der Waals surface area contributed by atoms with Crippen molar-refractivity contribution in [2.75, 3.05) is 37.7 Å². The zero-order valence-corrected chi connectivity index (χ0v) is 27.4. The number of ether oxygens (including phenoxy) is 1. The summed E-state index contributed by atoms with van der Waals surface area (Å²) in [5, 5.41) is 7.13. The number of terminal acetylenes is 1. The molecular formula is C37H40F2N7O2+. The minimum Gasteiger partial charge on any atom is -0.461 e. The molecular weight excluding hydrogens is 612 g/mol. The van der Waals surface area contributed by atoms with Gasteiger partial charge in [0.15, 0.2) is 5.82 Å². The van der Waals surface area contributed by atoms with Crippen molar-refractivity contribution in [2.24, 2.45) is 0 Å². The first-order chi connectivity index (χ1) is 23.4. The summed E-state index contributed by atoms with van der Waals surface area (Å²) < 4.78 is 38.0. The Morgan fingerprint density at radius 1 is 1.10 bits per heavy atom. The lowest BCUT2D eigenvalue weighted by molar-refractivity contribution is -0.141. The van der Waals surface area contributed by atoms with Crippen molar-refractivity contribution in [1.82, 2.24) is 24.8 Å². The molecule has 9 nitrogen and oxygen atoms in total. The van der Waals surface area contributed by atoms with Gasteiger partial charge in [0.1, 0.15) is 29.5 Å². The Hall–Kier alpha value is -4.69. The Morgan fingerprint density at radius 3 is 2.52 bits per heavy atom. The second kappa shape index (κ2) is 12.7. The number of carbonyl (C=O) groups is 1. The molecule has 1 amide bonds. The van der Waals surface area contributed by atoms with Gasteiger partial charge in [-0.1, -0.05) is 44.0 Å². The van der Waals surface area contributed by atoms with E-state index in [-0.39, 0.29) is 46.3 Å². The molecule has 4 aliphatic heterocycles. The number of amides is 1. The number of nitrogens with two attached hydrogens (primary N) is 1. The molecule has 4 fully saturated rings. The number of carbonyl (C=O) groups excluding carboxylic acids is 1. The van der Waals surface area contributed by atoms with E-state index in [1.54, 1.807) is 30.5 Å². The SMILES string of the molecule is C#Cc1c(F)ccc2cccc(-c3ncc4c(N5CC6CCC(C5)N6C(=O)C=[NH2+])nc(OCC56CCCN5CCC6)nc4c3F)c12.CC. The molecule has 2 bridgehead atoms. The number of aromatic nitrogens is 3. The van der Waals surface area contributed by atoms with E-state index in [2.05, 4.69) is 25.7 Å². The molecule has 0 saturated carbocycles. The highest BCUT2D eigenvalue weighted by atomic mass is 19.1. The van der Waals surface area contributed by atoms with Gasteiger partial charge in [-0.2, -0.15) is 9.97 Å². The van der Waals surface area contributed by atoms with Crippen molar-refractivity contribution in [3.63, 3.8) is 0 Å². The standard InChI is InChI=1S/C35H33F2N7O2.C2H6/c1-2-24-27(36)11-8-21-6-3-7-25(29(21)24)31-30(37)32-26(17-39-31)33(42-18-22-9-10-23(19-42)44(22)28(45)16-38)41-34(40-32)46-20-35-12-4-14-43(35)15-5-13-35;1-2/h1,3,6-8,11,16-17,22-23,38H,4-5,9-10,12-15,18-20H2;1-2H3/p+1. The molecule has 4 aliphatic rings. The average Bonchev–Trinajstić information content (AvgIpc) is 3.78. The van der Waals surface area contributed by atoms with Crippen LogP contribution in [0.2, 0.25) is 0 Å². The highest BCUT2D eigenvalue weighted by molar-refractivity contribution is 6.23. The largest absolute Gasteiger partial charge is 0.461 e. The van der Waals surface area contributed by atoms with Gasteiger partial charge >= 0.3 is 11.9 Å². The van der Waals surface area contributed by atoms with Crippen LogP contribution < -0.4 is 15.0 Å². The van der Waals surface area contributed by atoms with Crippen LogP contribution in [0, 0.1) is 24.0 Å². The summed E-state index contributed by atoms with van der Waals surface area (Å²) in [5.41, 5.74) is 0.455. The van der Waals surface area contributed by atoms with Crippen molar-refractivity contribution in [3.05, 3.63) is 53.7 Å². The highest BCUT2D eigenvalue weighted by Crippen LogP contribution is 2.41. The Kier molecular flexibility index (Phi) is 8.46. The Balaban J connectivity index is 0.00000179. The first-order valence-electron chi connectivity index (χ1n) is 17.0. The fourth-order valence-electron chi connectivity index (χ4n) is 8.39. The average molecular weight is 653 g/mol. The van der Waals surface area contributed by atoms with Gasteiger partial charge in [-0.25, -0.2) is 8.78 Å². The zero-order chi connectivity index (χ0) is 33.6. The van der Waals surface area contributed by atoms with E-state index in [1.165, 1.54) is 6.07 Å². The molecule has 2 aromatic carbocycles. The van der Waals surface area contributed by atoms with Crippen LogP contribution in [0.1, 0.15) is 57.9 Å². The van der Waals surface area contributed by atoms with Gasteiger partial charge in [0.05, 0.1) is 28.6 Å². The third-order valence-electron chi connectivity index (χ3n) is 10.5. The van der Waals surface area contributed by atoms with Crippen LogP contribution in [0.25, 0.3) is 32.9 Å². The summed E-state index contributed by atoms with van der Waals surface area (Å²) in [5.74, 6) is 1.54. The van der Waals surface area contributed by atoms with Crippen molar-refractivity contribution in [2.45, 2.75) is 70.0 Å². The lowest BCUT2D eigenvalue weighted by Gasteiger charge is -2.40. The first-order valence-corrected chi connectivity index (χ1v) is 17.0. The van der Waals surface area contributed by atoms with E-state index in [9.17, 15) is 9.18 Å². The zero-order valence-electron chi connectivity index (χ0n) is 27.4. The molecule has 8 rings (SSSR count). The maximum atomic E-state index is 16.8. The second-order valence-electron chi connectivity index (χ2n) is 12.9. The number of fused-ring (bicyclic) bond motifs is 5. The third-order valence-corrected chi connectivity index (χ3v) is 10.5. The number of nitrogens with zero attached hydrogens (tertiary/aromatic N) is 6. The Labute approximate surface area is 278 Å². The van der Waals surface area contributed by atoms with E-state index in [4.69, 9.17) is 21.6 Å². The predicted molar refractivity (Wildman–Crippen MR) is 182 cm³/mol. The number of hydrogen-bond donors (Lipinski definition) is 1. The lowest BCUT2D eigenvalue weighted by Crippen LogP contribution is -2.58. The summed E-state index contributed by atoms with van der Waals surface area (Å²) in [6.07, 6.45) is 14.4. The number of hydrogen-bond acceptors (Lipinski definition) is 7. The number of pyridine rings is 1. The Bertz CT molecular complexity index is 1940. The van der Waals surface area contributed by atoms with Crippen molar-refractivity contribution < 1.29 is 23.7 Å². The fraction of sp³-hybridized carbons (Fsp3) is 0.432. The van der Waals surface area contributed by atoms with Crippen molar-refractivity contribution in [1.29, 1.82) is 0 Å². The Morgan fingerprint density at radius 2 is 1.83 bits per heavy atom. The molecule has 0 radical (unpaired) electrons. The van der Waals surface area contributed by atoms with Gasteiger partial charge in [-0.05, 0) is 63.1 Å². The molecule has 4 aromatic rings. The normalized spacial score (nSPS) is 21.1. The van der Waals surface area contributed by atoms with Crippen LogP contribution in [0.15, 0.2) is 36.5 Å². The quantitative estimate of drug-likeness (QED) is 0.247. The van der Waals surface area contributed by atoms with E-state index in [0.29, 0.717) is 47.2 Å². The number of anilines is 1. The highest BCUT2D eigenvalue weighted by Gasteiger charge is 2.46. The maximum absolute atomic E-state index is 16.8. The molecule has 2 N–H and O–H groups in total. The molecule has 2 atom stereocenters. The number of rotatable bonds is 6. The van der Waals surface area contributed by atoms with Crippen LogP contribution >= 0.6 is 0 Å². The summed E-state index contributed by atoms with van der Waals surface area (Å²) in [7, 11) is 0. The monoisotopic (exact) mass is 652 g/mol. The maximum Gasteiger partial charge on any atom is 0.319 e. The molecule has 0 aliphatic carbocycles. The minimum absolute atomic E-state index is 0.0149. The van der Waals surface area contributed by atoms with Crippen LogP contribution in [0.5, 0.6) is 6.01 Å². The van der Waals surface area contributed by atoms with Crippen molar-refractivity contribution >= 4 is 39.6 Å². The first kappa shape index (κ1) is 31.9. The lowest BCUT2D eigenvalue weighted by atomic mass is 9.95. The molecule has 11 heteroatoms. The van der Waals surface area contributed by atoms with Crippen LogP contribution in [0.4, 0.5) is 14.6 Å². The van der Waals surface area contributed by atoms with Gasteiger partial charge < -0.3 is 14.5 Å². The van der Waals surface area contributed by atoms with Gasteiger partial charge in [0.25, 0.3) is 0 Å². The molecule has 48 heavy (non-hydrogen) atoms. The van der Waals surface area contributed by atoms with E-state index >= 15 is 4.39 Å². The fourth-order valence-corrected chi connectivity index (χ4v) is 8.39. The summed E-state index contributed by atoms with van der Waals surface area (Å²) in [6.45, 7) is 7.54.